The molecule has 2 N–H and O–H groups in total. The number of sulfonamides is 1. The lowest BCUT2D eigenvalue weighted by Gasteiger charge is -2.13. The molecule has 2 aromatic carbocycles. The molecule has 0 saturated carbocycles. The van der Waals surface area contributed by atoms with Gasteiger partial charge < -0.3 is 14.8 Å². The molecule has 2 aromatic rings. The maximum atomic E-state index is 12.6. The zero-order valence-electron chi connectivity index (χ0n) is 15.8. The zero-order chi connectivity index (χ0) is 20.0. The van der Waals surface area contributed by atoms with Gasteiger partial charge in [-0.3, -0.25) is 9.52 Å². The van der Waals surface area contributed by atoms with Gasteiger partial charge >= 0.3 is 0 Å². The highest BCUT2D eigenvalue weighted by molar-refractivity contribution is 7.92. The largest absolute Gasteiger partial charge is 0.493 e. The van der Waals surface area contributed by atoms with Crippen LogP contribution in [-0.2, 0) is 10.0 Å². The predicted octanol–water partition coefficient (Wildman–Crippen LogP) is 3.03. The fraction of sp³-hybridized carbons (Fsp3) is 0.316. The molecule has 0 aromatic heterocycles. The number of carbonyl (C=O) groups is 1. The summed E-state index contributed by atoms with van der Waals surface area (Å²) in [5, 5.41) is 2.84. The van der Waals surface area contributed by atoms with E-state index in [2.05, 4.69) is 10.0 Å². The monoisotopic (exact) mass is 392 g/mol. The minimum absolute atomic E-state index is 0.0487. The summed E-state index contributed by atoms with van der Waals surface area (Å²) in [6.45, 7) is 3.88. The van der Waals surface area contributed by atoms with E-state index in [9.17, 15) is 13.2 Å². The van der Waals surface area contributed by atoms with Crippen LogP contribution >= 0.6 is 0 Å². The van der Waals surface area contributed by atoms with Crippen molar-refractivity contribution < 1.29 is 22.7 Å². The highest BCUT2D eigenvalue weighted by Gasteiger charge is 2.17. The summed E-state index contributed by atoms with van der Waals surface area (Å²) in [6, 6.07) is 10.5. The Labute approximate surface area is 159 Å². The Morgan fingerprint density at radius 2 is 1.67 bits per heavy atom. The van der Waals surface area contributed by atoms with E-state index in [4.69, 9.17) is 9.47 Å². The quantitative estimate of drug-likeness (QED) is 0.720. The van der Waals surface area contributed by atoms with Gasteiger partial charge in [0.05, 0.1) is 24.8 Å². The van der Waals surface area contributed by atoms with Crippen molar-refractivity contribution in [2.75, 3.05) is 18.9 Å². The van der Waals surface area contributed by atoms with Crippen molar-refractivity contribution in [3.63, 3.8) is 0 Å². The Balaban J connectivity index is 2.18. The second kappa shape index (κ2) is 8.77. The van der Waals surface area contributed by atoms with E-state index in [1.807, 2.05) is 13.8 Å². The average molecular weight is 392 g/mol. The molecule has 1 amide bonds. The zero-order valence-corrected chi connectivity index (χ0v) is 16.6. The van der Waals surface area contributed by atoms with Crippen LogP contribution in [0, 0.1) is 0 Å². The van der Waals surface area contributed by atoms with Crippen molar-refractivity contribution in [2.24, 2.45) is 0 Å². The van der Waals surface area contributed by atoms with Crippen LogP contribution in [-0.4, -0.2) is 34.6 Å². The second-order valence-corrected chi connectivity index (χ2v) is 7.66. The van der Waals surface area contributed by atoms with Gasteiger partial charge in [0, 0.05) is 17.7 Å². The van der Waals surface area contributed by atoms with Crippen LogP contribution in [0.5, 0.6) is 11.5 Å². The summed E-state index contributed by atoms with van der Waals surface area (Å²) in [5.41, 5.74) is 0.742. The molecule has 0 aliphatic carbocycles. The fourth-order valence-electron chi connectivity index (χ4n) is 2.31. The van der Waals surface area contributed by atoms with E-state index in [1.54, 1.807) is 12.1 Å². The highest BCUT2D eigenvalue weighted by atomic mass is 32.2. The standard InChI is InChI=1S/C19H24N2O5S/c1-5-13(2)20-19(22)14-6-9-16(10-7-14)27(23,24)21-15-8-11-17(25-3)18(12-15)26-4/h6-13,21H,5H2,1-4H3,(H,20,22). The smallest absolute Gasteiger partial charge is 0.261 e. The Morgan fingerprint density at radius 1 is 1.04 bits per heavy atom. The molecule has 0 bridgehead atoms. The van der Waals surface area contributed by atoms with Crippen LogP contribution in [0.3, 0.4) is 0 Å². The lowest BCUT2D eigenvalue weighted by atomic mass is 10.2. The van der Waals surface area contributed by atoms with Crippen molar-refractivity contribution in [3.05, 3.63) is 48.0 Å². The number of ether oxygens (including phenoxy) is 2. The summed E-state index contributed by atoms with van der Waals surface area (Å²) >= 11 is 0. The van der Waals surface area contributed by atoms with Gasteiger partial charge in [-0.1, -0.05) is 6.92 Å². The normalized spacial score (nSPS) is 12.1. The number of hydrogen-bond acceptors (Lipinski definition) is 5. The maximum absolute atomic E-state index is 12.6. The molecule has 0 radical (unpaired) electrons. The summed E-state index contributed by atoms with van der Waals surface area (Å²) in [6.07, 6.45) is 0.813. The lowest BCUT2D eigenvalue weighted by Crippen LogP contribution is -2.31. The van der Waals surface area contributed by atoms with Crippen LogP contribution in [0.25, 0.3) is 0 Å². The maximum Gasteiger partial charge on any atom is 0.261 e. The van der Waals surface area contributed by atoms with Crippen LogP contribution in [0.4, 0.5) is 5.69 Å². The van der Waals surface area contributed by atoms with Gasteiger partial charge in [-0.25, -0.2) is 8.42 Å². The van der Waals surface area contributed by atoms with Crippen LogP contribution in [0.2, 0.25) is 0 Å². The molecule has 0 aliphatic rings. The van der Waals surface area contributed by atoms with Gasteiger partial charge in [0.25, 0.3) is 15.9 Å². The molecule has 8 heteroatoms. The molecule has 1 atom stereocenters. The molecule has 146 valence electrons. The predicted molar refractivity (Wildman–Crippen MR) is 104 cm³/mol. The molecule has 0 saturated heterocycles. The SMILES string of the molecule is CCC(C)NC(=O)c1ccc(S(=O)(=O)Nc2ccc(OC)c(OC)c2)cc1. The number of nitrogens with one attached hydrogen (secondary N) is 2. The highest BCUT2D eigenvalue weighted by Crippen LogP contribution is 2.30. The lowest BCUT2D eigenvalue weighted by molar-refractivity contribution is 0.0939. The van der Waals surface area contributed by atoms with Crippen molar-refractivity contribution >= 4 is 21.6 Å². The van der Waals surface area contributed by atoms with E-state index in [1.165, 1.54) is 44.6 Å². The van der Waals surface area contributed by atoms with Gasteiger partial charge in [-0.15, -0.1) is 0 Å². The van der Waals surface area contributed by atoms with Crippen molar-refractivity contribution in [1.29, 1.82) is 0 Å². The van der Waals surface area contributed by atoms with Crippen LogP contribution in [0.1, 0.15) is 30.6 Å². The molecule has 2 rings (SSSR count). The Bertz CT molecular complexity index is 895. The first-order valence-electron chi connectivity index (χ1n) is 8.46. The number of anilines is 1. The second-order valence-electron chi connectivity index (χ2n) is 5.98. The van der Waals surface area contributed by atoms with E-state index in [-0.39, 0.29) is 16.8 Å². The number of amides is 1. The summed E-state index contributed by atoms with van der Waals surface area (Å²) in [5.74, 6) is 0.674. The molecule has 7 nitrogen and oxygen atoms in total. The van der Waals surface area contributed by atoms with Crippen molar-refractivity contribution in [3.8, 4) is 11.5 Å². The minimum atomic E-state index is -3.81. The number of carbonyl (C=O) groups excluding carboxylic acids is 1. The Kier molecular flexibility index (Phi) is 6.68. The Morgan fingerprint density at radius 3 is 2.22 bits per heavy atom. The first-order valence-corrected chi connectivity index (χ1v) is 9.94. The van der Waals surface area contributed by atoms with E-state index in [0.29, 0.717) is 22.7 Å². The molecule has 0 aliphatic heterocycles. The van der Waals surface area contributed by atoms with Crippen LogP contribution < -0.4 is 19.5 Å². The first kappa shape index (κ1) is 20.6. The summed E-state index contributed by atoms with van der Waals surface area (Å²) in [7, 11) is -0.834. The van der Waals surface area contributed by atoms with Gasteiger partial charge in [0.15, 0.2) is 11.5 Å². The Hall–Kier alpha value is -2.74. The summed E-state index contributed by atoms with van der Waals surface area (Å²) < 4.78 is 38.0. The number of rotatable bonds is 8. The van der Waals surface area contributed by atoms with Crippen molar-refractivity contribution in [1.82, 2.24) is 5.32 Å². The molecule has 1 unspecified atom stereocenters. The third-order valence-electron chi connectivity index (χ3n) is 4.05. The third kappa shape index (κ3) is 5.13. The molecular weight excluding hydrogens is 368 g/mol. The molecule has 27 heavy (non-hydrogen) atoms. The number of benzene rings is 2. The molecule has 0 fully saturated rings. The molecule has 0 heterocycles. The average Bonchev–Trinajstić information content (AvgIpc) is 2.67. The topological polar surface area (TPSA) is 93.7 Å². The minimum Gasteiger partial charge on any atom is -0.493 e. The van der Waals surface area contributed by atoms with E-state index in [0.717, 1.165) is 6.42 Å². The molecule has 0 spiro atoms. The number of methoxy groups -OCH3 is 2. The van der Waals surface area contributed by atoms with Crippen molar-refractivity contribution in [2.45, 2.75) is 31.2 Å². The summed E-state index contributed by atoms with van der Waals surface area (Å²) in [4.78, 5) is 12.1. The van der Waals surface area contributed by atoms with Gasteiger partial charge in [0.1, 0.15) is 0 Å². The van der Waals surface area contributed by atoms with E-state index >= 15 is 0 Å². The number of hydrogen-bond donors (Lipinski definition) is 2. The third-order valence-corrected chi connectivity index (χ3v) is 5.45. The van der Waals surface area contributed by atoms with Gasteiger partial charge in [-0.2, -0.15) is 0 Å². The van der Waals surface area contributed by atoms with Gasteiger partial charge in [-0.05, 0) is 49.7 Å². The first-order chi connectivity index (χ1) is 12.8. The van der Waals surface area contributed by atoms with Gasteiger partial charge in [0.2, 0.25) is 0 Å². The van der Waals surface area contributed by atoms with E-state index < -0.39 is 10.0 Å². The fourth-order valence-corrected chi connectivity index (χ4v) is 3.36. The van der Waals surface area contributed by atoms with Crippen LogP contribution in [0.15, 0.2) is 47.4 Å². The molecular formula is C19H24N2O5S.